The molecule has 1 saturated heterocycles. The summed E-state index contributed by atoms with van der Waals surface area (Å²) in [6.07, 6.45) is 3.25. The molecule has 1 aromatic carbocycles. The van der Waals surface area contributed by atoms with Crippen LogP contribution in [-0.2, 0) is 29.0 Å². The lowest BCUT2D eigenvalue weighted by Gasteiger charge is -2.32. The number of hydrogen-bond acceptors (Lipinski definition) is 6. The third kappa shape index (κ3) is 4.96. The number of carbonyl (C=O) groups excluding carboxylic acids is 1. The molecule has 0 bridgehead atoms. The summed E-state index contributed by atoms with van der Waals surface area (Å²) in [5.41, 5.74) is 2.36. The van der Waals surface area contributed by atoms with Crippen molar-refractivity contribution in [3.63, 3.8) is 0 Å². The van der Waals surface area contributed by atoms with Gasteiger partial charge in [0.25, 0.3) is 0 Å². The molecule has 3 heterocycles. The zero-order valence-corrected chi connectivity index (χ0v) is 18.6. The van der Waals surface area contributed by atoms with Crippen LogP contribution in [0, 0.1) is 0 Å². The van der Waals surface area contributed by atoms with Crippen molar-refractivity contribution in [2.75, 3.05) is 40.5 Å². The average molecular weight is 431 g/mol. The van der Waals surface area contributed by atoms with E-state index in [9.17, 15) is 4.79 Å². The predicted molar refractivity (Wildman–Crippen MR) is 117 cm³/mol. The zero-order valence-electron chi connectivity index (χ0n) is 17.8. The van der Waals surface area contributed by atoms with Gasteiger partial charge in [0.2, 0.25) is 5.91 Å². The second-order valence-corrected chi connectivity index (χ2v) is 8.96. The number of fused-ring (bicyclic) bond motifs is 1. The van der Waals surface area contributed by atoms with Crippen LogP contribution in [0.15, 0.2) is 29.6 Å². The van der Waals surface area contributed by atoms with Crippen molar-refractivity contribution >= 4 is 17.2 Å². The van der Waals surface area contributed by atoms with Crippen LogP contribution in [0.4, 0.5) is 0 Å². The first kappa shape index (κ1) is 21.2. The van der Waals surface area contributed by atoms with E-state index >= 15 is 0 Å². The molecule has 162 valence electrons. The first-order valence-corrected chi connectivity index (χ1v) is 11.4. The summed E-state index contributed by atoms with van der Waals surface area (Å²) in [4.78, 5) is 18.7. The summed E-state index contributed by atoms with van der Waals surface area (Å²) in [5, 5.41) is 2.09. The molecule has 1 fully saturated rings. The SMILES string of the molecule is COc1cc2c(cc1OC)CN(C(=O)CN(Cc1cccs1)CC1CCCO1)CC2. The highest BCUT2D eigenvalue weighted by Gasteiger charge is 2.26. The zero-order chi connectivity index (χ0) is 20.9. The summed E-state index contributed by atoms with van der Waals surface area (Å²) in [6, 6.07) is 8.24. The second-order valence-electron chi connectivity index (χ2n) is 7.93. The number of benzene rings is 1. The number of nitrogens with zero attached hydrogens (tertiary/aromatic N) is 2. The van der Waals surface area contributed by atoms with Gasteiger partial charge in [0.05, 0.1) is 26.9 Å². The van der Waals surface area contributed by atoms with Crippen molar-refractivity contribution in [1.29, 1.82) is 0 Å². The average Bonchev–Trinajstić information content (AvgIpc) is 3.46. The van der Waals surface area contributed by atoms with E-state index in [1.54, 1.807) is 25.6 Å². The maximum absolute atomic E-state index is 13.2. The molecule has 2 aromatic rings. The molecular weight excluding hydrogens is 400 g/mol. The van der Waals surface area contributed by atoms with Gasteiger partial charge in [-0.15, -0.1) is 11.3 Å². The van der Waals surface area contributed by atoms with E-state index in [-0.39, 0.29) is 12.0 Å². The van der Waals surface area contributed by atoms with Crippen LogP contribution in [0.2, 0.25) is 0 Å². The summed E-state index contributed by atoms with van der Waals surface area (Å²) < 4.78 is 16.7. The number of carbonyl (C=O) groups is 1. The maximum Gasteiger partial charge on any atom is 0.237 e. The molecule has 30 heavy (non-hydrogen) atoms. The first-order valence-electron chi connectivity index (χ1n) is 10.5. The van der Waals surface area contributed by atoms with Crippen LogP contribution < -0.4 is 9.47 Å². The Morgan fingerprint density at radius 1 is 1.27 bits per heavy atom. The van der Waals surface area contributed by atoms with Crippen LogP contribution in [-0.4, -0.2) is 62.3 Å². The summed E-state index contributed by atoms with van der Waals surface area (Å²) in [5.74, 6) is 1.63. The van der Waals surface area contributed by atoms with E-state index in [1.165, 1.54) is 10.4 Å². The molecule has 0 saturated carbocycles. The van der Waals surface area contributed by atoms with E-state index in [0.29, 0.717) is 18.8 Å². The Morgan fingerprint density at radius 2 is 2.07 bits per heavy atom. The van der Waals surface area contributed by atoms with Crippen molar-refractivity contribution in [3.8, 4) is 11.5 Å². The largest absolute Gasteiger partial charge is 0.493 e. The van der Waals surface area contributed by atoms with Crippen LogP contribution in [0.5, 0.6) is 11.5 Å². The first-order chi connectivity index (χ1) is 14.7. The minimum absolute atomic E-state index is 0.171. The minimum atomic E-state index is 0.171. The van der Waals surface area contributed by atoms with Gasteiger partial charge in [-0.05, 0) is 54.0 Å². The molecule has 1 unspecified atom stereocenters. The highest BCUT2D eigenvalue weighted by molar-refractivity contribution is 7.09. The van der Waals surface area contributed by atoms with Crippen LogP contribution >= 0.6 is 11.3 Å². The molecule has 4 rings (SSSR count). The van der Waals surface area contributed by atoms with Crippen molar-refractivity contribution < 1.29 is 19.0 Å². The molecule has 0 N–H and O–H groups in total. The van der Waals surface area contributed by atoms with Crippen molar-refractivity contribution in [1.82, 2.24) is 9.80 Å². The number of amides is 1. The van der Waals surface area contributed by atoms with Gasteiger partial charge < -0.3 is 19.1 Å². The number of hydrogen-bond donors (Lipinski definition) is 0. The van der Waals surface area contributed by atoms with Gasteiger partial charge in [-0.25, -0.2) is 0 Å². The molecule has 7 heteroatoms. The van der Waals surface area contributed by atoms with Gasteiger partial charge >= 0.3 is 0 Å². The van der Waals surface area contributed by atoms with Crippen LogP contribution in [0.3, 0.4) is 0 Å². The molecule has 2 aliphatic rings. The lowest BCUT2D eigenvalue weighted by atomic mass is 9.98. The molecule has 1 aromatic heterocycles. The summed E-state index contributed by atoms with van der Waals surface area (Å²) in [7, 11) is 3.29. The van der Waals surface area contributed by atoms with Crippen molar-refractivity contribution in [3.05, 3.63) is 45.6 Å². The van der Waals surface area contributed by atoms with E-state index in [2.05, 4.69) is 22.4 Å². The molecule has 1 atom stereocenters. The number of methoxy groups -OCH3 is 2. The second kappa shape index (κ2) is 9.81. The normalized spacial score (nSPS) is 18.5. The third-order valence-electron chi connectivity index (χ3n) is 5.87. The Bertz CT molecular complexity index is 849. The predicted octanol–water partition coefficient (Wildman–Crippen LogP) is 3.33. The molecule has 2 aliphatic heterocycles. The van der Waals surface area contributed by atoms with Gasteiger partial charge in [-0.1, -0.05) is 6.07 Å². The fraction of sp³-hybridized carbons (Fsp3) is 0.522. The van der Waals surface area contributed by atoms with E-state index in [4.69, 9.17) is 14.2 Å². The number of ether oxygens (including phenoxy) is 3. The third-order valence-corrected chi connectivity index (χ3v) is 6.74. The van der Waals surface area contributed by atoms with Gasteiger partial charge in [0.15, 0.2) is 11.5 Å². The molecule has 1 amide bonds. The quantitative estimate of drug-likeness (QED) is 0.643. The summed E-state index contributed by atoms with van der Waals surface area (Å²) >= 11 is 1.74. The number of rotatable bonds is 8. The summed E-state index contributed by atoms with van der Waals surface area (Å²) in [6.45, 7) is 4.19. The number of thiophene rings is 1. The van der Waals surface area contributed by atoms with Crippen LogP contribution in [0.1, 0.15) is 28.8 Å². The monoisotopic (exact) mass is 430 g/mol. The lowest BCUT2D eigenvalue weighted by molar-refractivity contribution is -0.133. The fourth-order valence-corrected chi connectivity index (χ4v) is 5.02. The van der Waals surface area contributed by atoms with Crippen molar-refractivity contribution in [2.24, 2.45) is 0 Å². The van der Waals surface area contributed by atoms with Crippen molar-refractivity contribution in [2.45, 2.75) is 38.5 Å². The van der Waals surface area contributed by atoms with E-state index in [0.717, 1.165) is 56.8 Å². The fourth-order valence-electron chi connectivity index (χ4n) is 4.27. The lowest BCUT2D eigenvalue weighted by Crippen LogP contribution is -2.44. The Kier molecular flexibility index (Phi) is 6.92. The Labute approximate surface area is 182 Å². The van der Waals surface area contributed by atoms with Gasteiger partial charge in [0, 0.05) is 37.7 Å². The molecule has 0 aliphatic carbocycles. The van der Waals surface area contributed by atoms with Gasteiger partial charge in [0.1, 0.15) is 0 Å². The smallest absolute Gasteiger partial charge is 0.237 e. The standard InChI is InChI=1S/C23H30N2O4S/c1-27-21-11-17-7-8-25(13-18(17)12-22(21)28-2)23(26)16-24(14-19-5-3-9-29-19)15-20-6-4-10-30-20/h4,6,10-12,19H,3,5,7-9,13-16H2,1-2H3. The molecule has 0 spiro atoms. The Hall–Kier alpha value is -2.09. The molecule has 6 nitrogen and oxygen atoms in total. The minimum Gasteiger partial charge on any atom is -0.493 e. The van der Waals surface area contributed by atoms with Gasteiger partial charge in [-0.3, -0.25) is 9.69 Å². The highest BCUT2D eigenvalue weighted by atomic mass is 32.1. The van der Waals surface area contributed by atoms with E-state index in [1.807, 2.05) is 17.0 Å². The topological polar surface area (TPSA) is 51.2 Å². The van der Waals surface area contributed by atoms with Crippen LogP contribution in [0.25, 0.3) is 0 Å². The Balaban J connectivity index is 1.43. The molecular formula is C23H30N2O4S. The molecule has 0 radical (unpaired) electrons. The maximum atomic E-state index is 13.2. The van der Waals surface area contributed by atoms with E-state index < -0.39 is 0 Å². The Morgan fingerprint density at radius 3 is 2.73 bits per heavy atom. The highest BCUT2D eigenvalue weighted by Crippen LogP contribution is 2.33. The van der Waals surface area contributed by atoms with Gasteiger partial charge in [-0.2, -0.15) is 0 Å².